The molecule has 0 atom stereocenters. The number of aromatic nitrogens is 4. The van der Waals surface area contributed by atoms with Gasteiger partial charge in [-0.1, -0.05) is 6.07 Å². The number of pyridine rings is 1. The summed E-state index contributed by atoms with van der Waals surface area (Å²) in [4.78, 5) is 20.5. The molecule has 1 amide bonds. The number of piperazine rings is 1. The van der Waals surface area contributed by atoms with Gasteiger partial charge in [-0.2, -0.15) is 0 Å². The van der Waals surface area contributed by atoms with Crippen molar-refractivity contribution in [2.24, 2.45) is 0 Å². The molecule has 1 aliphatic rings. The van der Waals surface area contributed by atoms with E-state index >= 15 is 0 Å². The number of rotatable bonds is 3. The van der Waals surface area contributed by atoms with E-state index in [-0.39, 0.29) is 5.91 Å². The van der Waals surface area contributed by atoms with Gasteiger partial charge in [0.15, 0.2) is 11.6 Å². The molecule has 1 fully saturated rings. The molecule has 0 aliphatic carbocycles. The molecule has 0 saturated carbocycles. The van der Waals surface area contributed by atoms with Gasteiger partial charge in [-0.25, -0.2) is 0 Å². The van der Waals surface area contributed by atoms with E-state index in [0.29, 0.717) is 18.8 Å². The lowest BCUT2D eigenvalue weighted by molar-refractivity contribution is 0.0740. The second-order valence-corrected chi connectivity index (χ2v) is 5.83. The van der Waals surface area contributed by atoms with Crippen LogP contribution in [-0.4, -0.2) is 56.7 Å². The summed E-state index contributed by atoms with van der Waals surface area (Å²) in [6.07, 6.45) is 5.52. The van der Waals surface area contributed by atoms with Crippen molar-refractivity contribution in [2.45, 2.75) is 0 Å². The van der Waals surface area contributed by atoms with E-state index in [0.717, 1.165) is 24.7 Å². The van der Waals surface area contributed by atoms with Crippen molar-refractivity contribution >= 4 is 11.7 Å². The highest BCUT2D eigenvalue weighted by molar-refractivity contribution is 5.92. The first-order valence-electron chi connectivity index (χ1n) is 8.23. The third-order valence-electron chi connectivity index (χ3n) is 4.28. The highest BCUT2D eigenvalue weighted by Crippen LogP contribution is 2.15. The van der Waals surface area contributed by atoms with Crippen LogP contribution < -0.4 is 4.90 Å². The highest BCUT2D eigenvalue weighted by atomic mass is 16.2. The van der Waals surface area contributed by atoms with Crippen molar-refractivity contribution < 1.29 is 4.79 Å². The number of nitrogens with zero attached hydrogens (tertiary/aromatic N) is 6. The summed E-state index contributed by atoms with van der Waals surface area (Å²) in [7, 11) is 0. The van der Waals surface area contributed by atoms with Gasteiger partial charge in [0.05, 0.1) is 0 Å². The Morgan fingerprint density at radius 1 is 0.840 bits per heavy atom. The molecule has 0 radical (unpaired) electrons. The van der Waals surface area contributed by atoms with E-state index in [9.17, 15) is 4.79 Å². The van der Waals surface area contributed by atoms with E-state index in [4.69, 9.17) is 0 Å². The van der Waals surface area contributed by atoms with Gasteiger partial charge < -0.3 is 14.4 Å². The molecule has 0 aromatic carbocycles. The van der Waals surface area contributed by atoms with Gasteiger partial charge >= 0.3 is 0 Å². The molecule has 4 rings (SSSR count). The van der Waals surface area contributed by atoms with Gasteiger partial charge in [0, 0.05) is 44.8 Å². The maximum absolute atomic E-state index is 12.4. The van der Waals surface area contributed by atoms with Gasteiger partial charge in [-0.15, -0.1) is 10.2 Å². The van der Waals surface area contributed by atoms with E-state index in [1.54, 1.807) is 12.3 Å². The zero-order valence-electron chi connectivity index (χ0n) is 13.7. The van der Waals surface area contributed by atoms with Gasteiger partial charge in [0.1, 0.15) is 5.69 Å². The highest BCUT2D eigenvalue weighted by Gasteiger charge is 2.23. The number of hydrogen-bond donors (Lipinski definition) is 0. The Hall–Kier alpha value is -3.22. The molecule has 0 spiro atoms. The topological polar surface area (TPSA) is 67.2 Å². The van der Waals surface area contributed by atoms with E-state index in [1.165, 1.54) is 0 Å². The maximum Gasteiger partial charge on any atom is 0.272 e. The Labute approximate surface area is 145 Å². The zero-order chi connectivity index (χ0) is 17.1. The summed E-state index contributed by atoms with van der Waals surface area (Å²) < 4.78 is 1.92. The van der Waals surface area contributed by atoms with Gasteiger partial charge in [0.2, 0.25) is 0 Å². The zero-order valence-corrected chi connectivity index (χ0v) is 13.7. The Balaban J connectivity index is 1.39. The van der Waals surface area contributed by atoms with E-state index in [2.05, 4.69) is 20.1 Å². The lowest BCUT2D eigenvalue weighted by atomic mass is 10.2. The molecule has 126 valence electrons. The van der Waals surface area contributed by atoms with Crippen molar-refractivity contribution in [1.29, 1.82) is 0 Å². The lowest BCUT2D eigenvalue weighted by Gasteiger charge is -2.35. The quantitative estimate of drug-likeness (QED) is 0.728. The van der Waals surface area contributed by atoms with Crippen LogP contribution >= 0.6 is 0 Å². The van der Waals surface area contributed by atoms with Crippen LogP contribution in [0.3, 0.4) is 0 Å². The molecule has 4 heterocycles. The average molecular weight is 334 g/mol. The van der Waals surface area contributed by atoms with Crippen LogP contribution in [0.4, 0.5) is 5.82 Å². The van der Waals surface area contributed by atoms with Crippen molar-refractivity contribution in [3.05, 3.63) is 66.7 Å². The lowest BCUT2D eigenvalue weighted by Crippen LogP contribution is -2.49. The largest absolute Gasteiger partial charge is 0.352 e. The van der Waals surface area contributed by atoms with Crippen LogP contribution in [0.2, 0.25) is 0 Å². The summed E-state index contributed by atoms with van der Waals surface area (Å²) in [6.45, 7) is 2.76. The molecule has 0 unspecified atom stereocenters. The minimum absolute atomic E-state index is 0.0192. The van der Waals surface area contributed by atoms with Gasteiger partial charge in [0.25, 0.3) is 5.91 Å². The normalized spacial score (nSPS) is 14.6. The molecule has 7 heteroatoms. The molecule has 0 N–H and O–H groups in total. The first kappa shape index (κ1) is 15.3. The van der Waals surface area contributed by atoms with Crippen LogP contribution in [0.25, 0.3) is 5.82 Å². The SMILES string of the molecule is O=C(c1ccccn1)N1CCN(c2ccc(-n3cccc3)nn2)CC1. The standard InChI is InChI=1S/C18H18N6O/c25-18(15-5-1-2-8-19-15)24-13-11-23(12-14-24)17-7-6-16(20-21-17)22-9-3-4-10-22/h1-10H,11-14H2. The number of anilines is 1. The van der Waals surface area contributed by atoms with E-state index < -0.39 is 0 Å². The first-order chi connectivity index (χ1) is 12.3. The molecule has 25 heavy (non-hydrogen) atoms. The maximum atomic E-state index is 12.4. The fraction of sp³-hybridized carbons (Fsp3) is 0.222. The molecule has 7 nitrogen and oxygen atoms in total. The molecular weight excluding hydrogens is 316 g/mol. The second-order valence-electron chi connectivity index (χ2n) is 5.83. The van der Waals surface area contributed by atoms with Crippen molar-refractivity contribution in [3.8, 4) is 5.82 Å². The van der Waals surface area contributed by atoms with Crippen LogP contribution in [0.5, 0.6) is 0 Å². The van der Waals surface area contributed by atoms with Crippen LogP contribution in [0, 0.1) is 0 Å². The predicted octanol–water partition coefficient (Wildman–Crippen LogP) is 1.62. The molecule has 3 aromatic heterocycles. The number of carbonyl (C=O) groups excluding carboxylic acids is 1. The van der Waals surface area contributed by atoms with E-state index in [1.807, 2.05) is 58.3 Å². The first-order valence-corrected chi connectivity index (χ1v) is 8.23. The van der Waals surface area contributed by atoms with Crippen LogP contribution in [0.1, 0.15) is 10.5 Å². The Morgan fingerprint density at radius 2 is 1.56 bits per heavy atom. The molecule has 0 bridgehead atoms. The minimum atomic E-state index is -0.0192. The molecule has 1 aliphatic heterocycles. The Morgan fingerprint density at radius 3 is 2.20 bits per heavy atom. The average Bonchev–Trinajstić information content (AvgIpc) is 3.23. The summed E-state index contributed by atoms with van der Waals surface area (Å²) in [5, 5.41) is 8.60. The number of carbonyl (C=O) groups is 1. The Bertz CT molecular complexity index is 824. The smallest absolute Gasteiger partial charge is 0.272 e. The molecule has 1 saturated heterocycles. The molecule has 3 aromatic rings. The van der Waals surface area contributed by atoms with Gasteiger partial charge in [-0.3, -0.25) is 9.78 Å². The molecular formula is C18H18N6O. The van der Waals surface area contributed by atoms with Crippen molar-refractivity contribution in [3.63, 3.8) is 0 Å². The van der Waals surface area contributed by atoms with Crippen LogP contribution in [-0.2, 0) is 0 Å². The fourth-order valence-electron chi connectivity index (χ4n) is 2.90. The minimum Gasteiger partial charge on any atom is -0.352 e. The third kappa shape index (κ3) is 3.21. The van der Waals surface area contributed by atoms with Crippen LogP contribution in [0.15, 0.2) is 61.1 Å². The Kier molecular flexibility index (Phi) is 4.12. The van der Waals surface area contributed by atoms with Crippen molar-refractivity contribution in [1.82, 2.24) is 24.6 Å². The van der Waals surface area contributed by atoms with Gasteiger partial charge in [-0.05, 0) is 36.4 Å². The summed E-state index contributed by atoms with van der Waals surface area (Å²) in [5.74, 6) is 1.60. The monoisotopic (exact) mass is 334 g/mol. The number of amides is 1. The predicted molar refractivity (Wildman–Crippen MR) is 93.7 cm³/mol. The summed E-state index contributed by atoms with van der Waals surface area (Å²) in [6, 6.07) is 13.2. The second kappa shape index (κ2) is 6.72. The fourth-order valence-corrected chi connectivity index (χ4v) is 2.90. The third-order valence-corrected chi connectivity index (χ3v) is 4.28. The summed E-state index contributed by atoms with van der Waals surface area (Å²) in [5.41, 5.74) is 0.492. The van der Waals surface area contributed by atoms with Crippen molar-refractivity contribution in [2.75, 3.05) is 31.1 Å². The summed E-state index contributed by atoms with van der Waals surface area (Å²) >= 11 is 0. The number of hydrogen-bond acceptors (Lipinski definition) is 5.